The second-order valence-corrected chi connectivity index (χ2v) is 3.99. The molecule has 0 aromatic carbocycles. The van der Waals surface area contributed by atoms with Crippen LogP contribution >= 0.6 is 34.8 Å². The SMILES string of the molecule is CCOCn1c(C(=O)OCCCl)nc(Cl)c1Cl. The van der Waals surface area contributed by atoms with E-state index >= 15 is 0 Å². The fourth-order valence-electron chi connectivity index (χ4n) is 1.06. The summed E-state index contributed by atoms with van der Waals surface area (Å²) in [7, 11) is 0. The van der Waals surface area contributed by atoms with Gasteiger partial charge < -0.3 is 9.47 Å². The second kappa shape index (κ2) is 7.06. The fourth-order valence-corrected chi connectivity index (χ4v) is 1.49. The average molecular weight is 302 g/mol. The molecule has 1 rings (SSSR count). The van der Waals surface area contributed by atoms with Gasteiger partial charge in [0, 0.05) is 6.61 Å². The zero-order chi connectivity index (χ0) is 12.8. The number of carbonyl (C=O) groups is 1. The van der Waals surface area contributed by atoms with Crippen LogP contribution in [-0.2, 0) is 16.2 Å². The number of hydrogen-bond donors (Lipinski definition) is 0. The molecule has 1 aromatic heterocycles. The Morgan fingerprint density at radius 2 is 2.18 bits per heavy atom. The van der Waals surface area contributed by atoms with E-state index < -0.39 is 5.97 Å². The lowest BCUT2D eigenvalue weighted by Gasteiger charge is -2.07. The first-order chi connectivity index (χ1) is 8.11. The Kier molecular flexibility index (Phi) is 6.05. The number of imidazole rings is 1. The summed E-state index contributed by atoms with van der Waals surface area (Å²) in [5.74, 6) is -0.433. The molecular weight excluding hydrogens is 290 g/mol. The Balaban J connectivity index is 2.89. The van der Waals surface area contributed by atoms with Crippen LogP contribution in [0, 0.1) is 0 Å². The monoisotopic (exact) mass is 300 g/mol. The van der Waals surface area contributed by atoms with Crippen molar-refractivity contribution in [3.8, 4) is 0 Å². The Morgan fingerprint density at radius 1 is 1.47 bits per heavy atom. The molecule has 96 valence electrons. The maximum absolute atomic E-state index is 11.6. The van der Waals surface area contributed by atoms with Crippen LogP contribution in [0.4, 0.5) is 0 Å². The molecule has 17 heavy (non-hydrogen) atoms. The van der Waals surface area contributed by atoms with Gasteiger partial charge in [0.15, 0.2) is 5.15 Å². The van der Waals surface area contributed by atoms with Gasteiger partial charge in [0.05, 0.1) is 5.88 Å². The number of alkyl halides is 1. The van der Waals surface area contributed by atoms with Crippen LogP contribution in [0.2, 0.25) is 10.3 Å². The van der Waals surface area contributed by atoms with Gasteiger partial charge in [-0.25, -0.2) is 9.78 Å². The lowest BCUT2D eigenvalue weighted by molar-refractivity contribution is 0.0467. The van der Waals surface area contributed by atoms with E-state index in [1.165, 1.54) is 4.57 Å². The highest BCUT2D eigenvalue weighted by Gasteiger charge is 2.21. The first-order valence-electron chi connectivity index (χ1n) is 4.84. The molecule has 0 aliphatic rings. The molecule has 0 radical (unpaired) electrons. The third kappa shape index (κ3) is 3.74. The predicted molar refractivity (Wildman–Crippen MR) is 64.9 cm³/mol. The van der Waals surface area contributed by atoms with Crippen molar-refractivity contribution in [2.24, 2.45) is 0 Å². The van der Waals surface area contributed by atoms with Gasteiger partial charge in [-0.1, -0.05) is 23.2 Å². The maximum Gasteiger partial charge on any atom is 0.374 e. The van der Waals surface area contributed by atoms with E-state index in [4.69, 9.17) is 44.3 Å². The minimum absolute atomic E-state index is 0.00133. The predicted octanol–water partition coefficient (Wildman–Crippen LogP) is 2.58. The highest BCUT2D eigenvalue weighted by Crippen LogP contribution is 2.23. The minimum Gasteiger partial charge on any atom is -0.459 e. The normalized spacial score (nSPS) is 10.6. The van der Waals surface area contributed by atoms with Crippen molar-refractivity contribution < 1.29 is 14.3 Å². The van der Waals surface area contributed by atoms with Gasteiger partial charge in [0.2, 0.25) is 5.82 Å². The van der Waals surface area contributed by atoms with E-state index in [2.05, 4.69) is 4.98 Å². The first kappa shape index (κ1) is 14.6. The van der Waals surface area contributed by atoms with Crippen LogP contribution in [-0.4, -0.2) is 34.6 Å². The van der Waals surface area contributed by atoms with Gasteiger partial charge in [-0.15, -0.1) is 11.6 Å². The average Bonchev–Trinajstić information content (AvgIpc) is 2.60. The molecule has 0 saturated heterocycles. The molecule has 0 aliphatic heterocycles. The van der Waals surface area contributed by atoms with Crippen molar-refractivity contribution in [2.45, 2.75) is 13.7 Å². The highest BCUT2D eigenvalue weighted by molar-refractivity contribution is 6.40. The smallest absolute Gasteiger partial charge is 0.374 e. The number of nitrogens with zero attached hydrogens (tertiary/aromatic N) is 2. The Labute approximate surface area is 114 Å². The highest BCUT2D eigenvalue weighted by atomic mass is 35.5. The first-order valence-corrected chi connectivity index (χ1v) is 6.13. The number of ether oxygens (including phenoxy) is 2. The van der Waals surface area contributed by atoms with Gasteiger partial charge in [0.1, 0.15) is 18.5 Å². The van der Waals surface area contributed by atoms with E-state index in [1.807, 2.05) is 6.92 Å². The minimum atomic E-state index is -0.640. The molecule has 0 saturated carbocycles. The molecule has 0 spiro atoms. The van der Waals surface area contributed by atoms with Crippen LogP contribution in [0.5, 0.6) is 0 Å². The molecular formula is C9H11Cl3N2O3. The molecule has 1 aromatic rings. The zero-order valence-electron chi connectivity index (χ0n) is 9.08. The van der Waals surface area contributed by atoms with E-state index in [1.54, 1.807) is 0 Å². The fraction of sp³-hybridized carbons (Fsp3) is 0.556. The van der Waals surface area contributed by atoms with Crippen LogP contribution in [0.15, 0.2) is 0 Å². The van der Waals surface area contributed by atoms with Crippen molar-refractivity contribution >= 4 is 40.8 Å². The van der Waals surface area contributed by atoms with Crippen LogP contribution in [0.25, 0.3) is 0 Å². The molecule has 0 atom stereocenters. The van der Waals surface area contributed by atoms with Crippen LogP contribution < -0.4 is 0 Å². The van der Waals surface area contributed by atoms with E-state index in [-0.39, 0.29) is 35.3 Å². The summed E-state index contributed by atoms with van der Waals surface area (Å²) in [5.41, 5.74) is 0. The summed E-state index contributed by atoms with van der Waals surface area (Å²) in [6.45, 7) is 2.47. The number of hydrogen-bond acceptors (Lipinski definition) is 4. The van der Waals surface area contributed by atoms with Crippen molar-refractivity contribution in [1.82, 2.24) is 9.55 Å². The quantitative estimate of drug-likeness (QED) is 0.598. The standard InChI is InChI=1S/C9H11Cl3N2O3/c1-2-16-5-14-7(12)6(11)13-8(14)9(15)17-4-3-10/h2-5H2,1H3. The van der Waals surface area contributed by atoms with Crippen molar-refractivity contribution in [3.63, 3.8) is 0 Å². The second-order valence-electron chi connectivity index (χ2n) is 2.89. The lowest BCUT2D eigenvalue weighted by Crippen LogP contribution is -2.16. The maximum atomic E-state index is 11.6. The van der Waals surface area contributed by atoms with E-state index in [0.29, 0.717) is 6.61 Å². The lowest BCUT2D eigenvalue weighted by atomic mass is 10.6. The molecule has 0 unspecified atom stereocenters. The number of rotatable bonds is 6. The number of esters is 1. The van der Waals surface area contributed by atoms with E-state index in [0.717, 1.165) is 0 Å². The zero-order valence-corrected chi connectivity index (χ0v) is 11.3. The third-order valence-corrected chi connectivity index (χ3v) is 2.68. The molecule has 0 bridgehead atoms. The topological polar surface area (TPSA) is 53.4 Å². The number of halogens is 3. The van der Waals surface area contributed by atoms with Gasteiger partial charge >= 0.3 is 5.97 Å². The molecule has 0 amide bonds. The largest absolute Gasteiger partial charge is 0.459 e. The number of aromatic nitrogens is 2. The summed E-state index contributed by atoms with van der Waals surface area (Å²) in [6.07, 6.45) is 0. The summed E-state index contributed by atoms with van der Waals surface area (Å²) in [4.78, 5) is 15.4. The van der Waals surface area contributed by atoms with Gasteiger partial charge in [-0.05, 0) is 6.92 Å². The Bertz CT molecular complexity index is 395. The van der Waals surface area contributed by atoms with Gasteiger partial charge in [0.25, 0.3) is 0 Å². The van der Waals surface area contributed by atoms with Crippen molar-refractivity contribution in [1.29, 1.82) is 0 Å². The van der Waals surface area contributed by atoms with Gasteiger partial charge in [-0.3, -0.25) is 4.57 Å². The van der Waals surface area contributed by atoms with E-state index in [9.17, 15) is 4.79 Å². The molecule has 0 N–H and O–H groups in total. The Morgan fingerprint density at radius 3 is 2.76 bits per heavy atom. The molecule has 8 heteroatoms. The molecule has 0 aliphatic carbocycles. The number of carbonyl (C=O) groups excluding carboxylic acids is 1. The molecule has 5 nitrogen and oxygen atoms in total. The van der Waals surface area contributed by atoms with Crippen LogP contribution in [0.1, 0.15) is 17.5 Å². The summed E-state index contributed by atoms with van der Waals surface area (Å²) < 4.78 is 11.3. The van der Waals surface area contributed by atoms with Crippen LogP contribution in [0.3, 0.4) is 0 Å². The van der Waals surface area contributed by atoms with Crippen molar-refractivity contribution in [3.05, 3.63) is 16.1 Å². The Hall–Kier alpha value is -0.490. The third-order valence-electron chi connectivity index (χ3n) is 1.78. The summed E-state index contributed by atoms with van der Waals surface area (Å²) in [5, 5.41) is 0.169. The molecule has 0 fully saturated rings. The van der Waals surface area contributed by atoms with Crippen molar-refractivity contribution in [2.75, 3.05) is 19.1 Å². The van der Waals surface area contributed by atoms with Gasteiger partial charge in [-0.2, -0.15) is 0 Å². The molecule has 1 heterocycles. The summed E-state index contributed by atoms with van der Waals surface area (Å²) in [6, 6.07) is 0. The summed E-state index contributed by atoms with van der Waals surface area (Å²) >= 11 is 17.0.